The zero-order valence-corrected chi connectivity index (χ0v) is 16.9. The second kappa shape index (κ2) is 11.4. The molecule has 0 bridgehead atoms. The number of nitrogens with one attached hydrogen (secondary N) is 3. The van der Waals surface area contributed by atoms with Crippen LogP contribution >= 0.6 is 0 Å². The Bertz CT molecular complexity index is 897. The minimum Gasteiger partial charge on any atom is -0.452 e. The summed E-state index contributed by atoms with van der Waals surface area (Å²) in [4.78, 5) is 48.0. The number of benzene rings is 2. The van der Waals surface area contributed by atoms with Crippen LogP contribution in [0.25, 0.3) is 0 Å². The number of ether oxygens (including phenoxy) is 1. The Hall–Kier alpha value is -3.68. The first-order valence-electron chi connectivity index (χ1n) is 9.51. The summed E-state index contributed by atoms with van der Waals surface area (Å²) in [6.45, 7) is 2.86. The quantitative estimate of drug-likeness (QED) is 0.543. The van der Waals surface area contributed by atoms with Gasteiger partial charge in [0.15, 0.2) is 6.61 Å². The highest BCUT2D eigenvalue weighted by Gasteiger charge is 2.16. The fraction of sp³-hybridized carbons (Fsp3) is 0.273. The summed E-state index contributed by atoms with van der Waals surface area (Å²) in [6.07, 6.45) is 0.158. The van der Waals surface area contributed by atoms with Crippen LogP contribution < -0.4 is 16.0 Å². The van der Waals surface area contributed by atoms with E-state index in [9.17, 15) is 19.2 Å². The van der Waals surface area contributed by atoms with Crippen molar-refractivity contribution in [1.82, 2.24) is 10.6 Å². The largest absolute Gasteiger partial charge is 0.452 e. The fourth-order valence-electron chi connectivity index (χ4n) is 2.56. The maximum atomic E-state index is 12.4. The Balaban J connectivity index is 1.88. The molecule has 0 unspecified atom stereocenters. The van der Waals surface area contributed by atoms with Crippen LogP contribution in [-0.4, -0.2) is 42.9 Å². The topological polar surface area (TPSA) is 114 Å². The first-order chi connectivity index (χ1) is 14.3. The van der Waals surface area contributed by atoms with Gasteiger partial charge >= 0.3 is 5.97 Å². The van der Waals surface area contributed by atoms with Crippen molar-refractivity contribution in [3.63, 3.8) is 0 Å². The molecule has 2 aromatic rings. The first kappa shape index (κ1) is 22.6. The van der Waals surface area contributed by atoms with E-state index in [1.165, 1.54) is 6.07 Å². The minimum absolute atomic E-state index is 0.0409. The average molecular weight is 411 g/mol. The summed E-state index contributed by atoms with van der Waals surface area (Å²) in [5.41, 5.74) is 1.26. The second-order valence-corrected chi connectivity index (χ2v) is 6.83. The molecule has 0 radical (unpaired) electrons. The van der Waals surface area contributed by atoms with Crippen molar-refractivity contribution in [3.05, 3.63) is 65.7 Å². The van der Waals surface area contributed by atoms with Crippen LogP contribution in [0.2, 0.25) is 0 Å². The Morgan fingerprint density at radius 2 is 1.53 bits per heavy atom. The minimum atomic E-state index is -0.757. The molecule has 8 heteroatoms. The van der Waals surface area contributed by atoms with Crippen molar-refractivity contribution in [2.24, 2.45) is 0 Å². The van der Waals surface area contributed by atoms with Gasteiger partial charge in [-0.2, -0.15) is 0 Å². The van der Waals surface area contributed by atoms with E-state index in [-0.39, 0.29) is 36.4 Å². The van der Waals surface area contributed by atoms with Gasteiger partial charge in [0.2, 0.25) is 11.8 Å². The highest BCUT2D eigenvalue weighted by Crippen LogP contribution is 2.17. The zero-order valence-electron chi connectivity index (χ0n) is 16.9. The number of para-hydroxylation sites is 1. The number of carbonyl (C=O) groups is 4. The number of hydrogen-bond acceptors (Lipinski definition) is 5. The van der Waals surface area contributed by atoms with Crippen LogP contribution in [0.4, 0.5) is 5.69 Å². The molecular weight excluding hydrogens is 386 g/mol. The van der Waals surface area contributed by atoms with E-state index in [1.54, 1.807) is 32.0 Å². The monoisotopic (exact) mass is 411 g/mol. The van der Waals surface area contributed by atoms with Crippen LogP contribution in [0.1, 0.15) is 29.8 Å². The van der Waals surface area contributed by atoms with Crippen molar-refractivity contribution in [2.45, 2.75) is 26.3 Å². The molecule has 0 fully saturated rings. The van der Waals surface area contributed by atoms with Gasteiger partial charge in [-0.3, -0.25) is 14.4 Å². The van der Waals surface area contributed by atoms with Gasteiger partial charge in [-0.1, -0.05) is 42.5 Å². The van der Waals surface area contributed by atoms with E-state index >= 15 is 0 Å². The highest BCUT2D eigenvalue weighted by molar-refractivity contribution is 6.02. The van der Waals surface area contributed by atoms with Crippen molar-refractivity contribution in [2.75, 3.05) is 18.5 Å². The molecule has 158 valence electrons. The van der Waals surface area contributed by atoms with E-state index in [4.69, 9.17) is 4.74 Å². The molecule has 2 rings (SSSR count). The number of anilines is 1. The molecule has 0 atom stereocenters. The molecule has 3 N–H and O–H groups in total. The first-order valence-corrected chi connectivity index (χ1v) is 9.51. The third-order valence-corrected chi connectivity index (χ3v) is 3.86. The van der Waals surface area contributed by atoms with Gasteiger partial charge in [0.25, 0.3) is 5.91 Å². The summed E-state index contributed by atoms with van der Waals surface area (Å²) < 4.78 is 5.01. The molecule has 0 saturated carbocycles. The number of carbonyl (C=O) groups excluding carboxylic acids is 4. The van der Waals surface area contributed by atoms with Gasteiger partial charge in [0.1, 0.15) is 0 Å². The molecule has 0 aliphatic carbocycles. The lowest BCUT2D eigenvalue weighted by Gasteiger charge is -2.12. The molecule has 0 aromatic heterocycles. The summed E-state index contributed by atoms with van der Waals surface area (Å²) in [5, 5.41) is 7.69. The van der Waals surface area contributed by atoms with Crippen molar-refractivity contribution in [1.29, 1.82) is 0 Å². The normalized spacial score (nSPS) is 10.2. The van der Waals surface area contributed by atoms with Crippen LogP contribution in [0.5, 0.6) is 0 Å². The number of rotatable bonds is 9. The smallest absolute Gasteiger partial charge is 0.340 e. The second-order valence-electron chi connectivity index (χ2n) is 6.83. The van der Waals surface area contributed by atoms with Crippen LogP contribution in [0.3, 0.4) is 0 Å². The van der Waals surface area contributed by atoms with E-state index in [0.717, 1.165) is 5.56 Å². The Morgan fingerprint density at radius 3 is 2.23 bits per heavy atom. The maximum absolute atomic E-state index is 12.4. The zero-order chi connectivity index (χ0) is 21.9. The summed E-state index contributed by atoms with van der Waals surface area (Å²) >= 11 is 0. The Labute approximate surface area is 175 Å². The molecule has 0 aliphatic rings. The standard InChI is InChI=1S/C22H25N3O5/c1-15(2)24-20(27)13-23-21(28)14-30-22(29)17-10-6-7-11-18(17)25-19(26)12-16-8-4-3-5-9-16/h3-11,15H,12-14H2,1-2H3,(H,23,28)(H,24,27)(H,25,26). The van der Waals surface area contributed by atoms with E-state index < -0.39 is 18.5 Å². The van der Waals surface area contributed by atoms with Gasteiger partial charge in [-0.15, -0.1) is 0 Å². The summed E-state index contributed by atoms with van der Waals surface area (Å²) in [7, 11) is 0. The number of esters is 1. The van der Waals surface area contributed by atoms with E-state index in [1.807, 2.05) is 30.3 Å². The lowest BCUT2D eigenvalue weighted by Crippen LogP contribution is -2.41. The van der Waals surface area contributed by atoms with Gasteiger partial charge < -0.3 is 20.7 Å². The van der Waals surface area contributed by atoms with Crippen molar-refractivity contribution < 1.29 is 23.9 Å². The molecule has 0 aliphatic heterocycles. The maximum Gasteiger partial charge on any atom is 0.340 e. The van der Waals surface area contributed by atoms with Gasteiger partial charge in [0.05, 0.1) is 24.2 Å². The molecular formula is C22H25N3O5. The lowest BCUT2D eigenvalue weighted by molar-refractivity contribution is -0.128. The van der Waals surface area contributed by atoms with Gasteiger partial charge in [-0.05, 0) is 31.5 Å². The average Bonchev–Trinajstić information content (AvgIpc) is 2.71. The van der Waals surface area contributed by atoms with Gasteiger partial charge in [-0.25, -0.2) is 4.79 Å². The van der Waals surface area contributed by atoms with E-state index in [2.05, 4.69) is 16.0 Å². The predicted octanol–water partition coefficient (Wildman–Crippen LogP) is 1.67. The summed E-state index contributed by atoms with van der Waals surface area (Å²) in [5.74, 6) is -1.98. The Kier molecular flexibility index (Phi) is 8.56. The lowest BCUT2D eigenvalue weighted by atomic mass is 10.1. The van der Waals surface area contributed by atoms with Crippen LogP contribution in [0.15, 0.2) is 54.6 Å². The van der Waals surface area contributed by atoms with Crippen molar-refractivity contribution in [3.8, 4) is 0 Å². The molecule has 0 spiro atoms. The molecule has 3 amide bonds. The third-order valence-electron chi connectivity index (χ3n) is 3.86. The fourth-order valence-corrected chi connectivity index (χ4v) is 2.56. The third kappa shape index (κ3) is 7.75. The highest BCUT2D eigenvalue weighted by atomic mass is 16.5. The molecule has 0 heterocycles. The summed E-state index contributed by atoms with van der Waals surface area (Å²) in [6, 6.07) is 15.5. The number of amides is 3. The molecule has 0 saturated heterocycles. The SMILES string of the molecule is CC(C)NC(=O)CNC(=O)COC(=O)c1ccccc1NC(=O)Cc1ccccc1. The Morgan fingerprint density at radius 1 is 0.867 bits per heavy atom. The van der Waals surface area contributed by atoms with Gasteiger partial charge in [0, 0.05) is 6.04 Å². The molecule has 2 aromatic carbocycles. The van der Waals surface area contributed by atoms with E-state index in [0.29, 0.717) is 5.69 Å². The van der Waals surface area contributed by atoms with Crippen LogP contribution in [-0.2, 0) is 25.5 Å². The molecule has 30 heavy (non-hydrogen) atoms. The molecule has 8 nitrogen and oxygen atoms in total. The van der Waals surface area contributed by atoms with Crippen LogP contribution in [0, 0.1) is 0 Å². The predicted molar refractivity (Wildman–Crippen MR) is 112 cm³/mol. The van der Waals surface area contributed by atoms with Crippen molar-refractivity contribution >= 4 is 29.4 Å². The number of hydrogen-bond donors (Lipinski definition) is 3.